The number of amides is 1. The molecule has 0 fully saturated rings. The zero-order valence-corrected chi connectivity index (χ0v) is 17.0. The first kappa shape index (κ1) is 23.9. The van der Waals surface area contributed by atoms with Gasteiger partial charge in [0.2, 0.25) is 5.91 Å². The van der Waals surface area contributed by atoms with Crippen LogP contribution in [0.3, 0.4) is 0 Å². The van der Waals surface area contributed by atoms with E-state index in [1.165, 1.54) is 82.5 Å². The van der Waals surface area contributed by atoms with Crippen molar-refractivity contribution in [2.75, 3.05) is 13.6 Å². The summed E-state index contributed by atoms with van der Waals surface area (Å²) < 4.78 is 0. The molecule has 0 rings (SSSR count). The molecular formula is C22H41NO2. The third-order valence-electron chi connectivity index (χ3n) is 4.54. The maximum Gasteiger partial charge on any atom is 0.222 e. The summed E-state index contributed by atoms with van der Waals surface area (Å²) in [6, 6.07) is 0. The lowest BCUT2D eigenvalue weighted by molar-refractivity contribution is -0.133. The van der Waals surface area contributed by atoms with Crippen LogP contribution in [0.15, 0.2) is 12.2 Å². The fourth-order valence-electron chi connectivity index (χ4n) is 2.96. The molecule has 0 unspecified atom stereocenters. The molecule has 1 amide bonds. The summed E-state index contributed by atoms with van der Waals surface area (Å²) in [4.78, 5) is 24.3. The monoisotopic (exact) mass is 351 g/mol. The fraction of sp³-hybridized carbons (Fsp3) is 0.818. The molecule has 0 spiro atoms. The lowest BCUT2D eigenvalue weighted by Gasteiger charge is -2.14. The summed E-state index contributed by atoms with van der Waals surface area (Å²) in [5.74, 6) is 0.133. The smallest absolute Gasteiger partial charge is 0.222 e. The molecule has 146 valence electrons. The van der Waals surface area contributed by atoms with Crippen molar-refractivity contribution in [2.24, 2.45) is 0 Å². The predicted octanol–water partition coefficient (Wildman–Crippen LogP) is 6.07. The Bertz CT molecular complexity index is 363. The van der Waals surface area contributed by atoms with Gasteiger partial charge in [0, 0.05) is 13.5 Å². The Hall–Kier alpha value is -1.12. The number of carbonyl (C=O) groups excluding carboxylic acids is 2. The molecule has 0 aromatic heterocycles. The van der Waals surface area contributed by atoms with Gasteiger partial charge in [-0.1, -0.05) is 70.4 Å². The molecule has 0 aromatic rings. The Morgan fingerprint density at radius 3 is 1.76 bits per heavy atom. The number of likely N-dealkylation sites (N-methyl/N-ethyl adjacent to an activating group) is 1. The van der Waals surface area contributed by atoms with Gasteiger partial charge in [-0.15, -0.1) is 0 Å². The molecule has 0 heterocycles. The van der Waals surface area contributed by atoms with E-state index in [0.717, 1.165) is 12.8 Å². The molecule has 0 aliphatic heterocycles. The molecule has 25 heavy (non-hydrogen) atoms. The quantitative estimate of drug-likeness (QED) is 0.235. The second-order valence-corrected chi connectivity index (χ2v) is 7.29. The highest BCUT2D eigenvalue weighted by atomic mass is 16.2. The molecule has 0 radical (unpaired) electrons. The number of ketones is 1. The normalized spacial score (nSPS) is 11.2. The average Bonchev–Trinajstić information content (AvgIpc) is 2.57. The van der Waals surface area contributed by atoms with Gasteiger partial charge in [-0.3, -0.25) is 9.59 Å². The summed E-state index contributed by atoms with van der Waals surface area (Å²) in [6.07, 6.45) is 21.7. The second kappa shape index (κ2) is 17.7. The lowest BCUT2D eigenvalue weighted by Crippen LogP contribution is -2.30. The molecule has 0 atom stereocenters. The number of rotatable bonds is 17. The lowest BCUT2D eigenvalue weighted by atomic mass is 10.1. The van der Waals surface area contributed by atoms with E-state index in [1.807, 2.05) is 0 Å². The molecule has 3 nitrogen and oxygen atoms in total. The highest BCUT2D eigenvalue weighted by Crippen LogP contribution is 2.10. The third kappa shape index (κ3) is 17.5. The maximum atomic E-state index is 11.8. The number of Topliss-reactive ketones (excluding diaryl/α,β-unsaturated/α-hetero) is 1. The zero-order valence-electron chi connectivity index (χ0n) is 17.0. The van der Waals surface area contributed by atoms with Crippen LogP contribution in [0.4, 0.5) is 0 Å². The van der Waals surface area contributed by atoms with Gasteiger partial charge >= 0.3 is 0 Å². The van der Waals surface area contributed by atoms with E-state index in [1.54, 1.807) is 7.05 Å². The number of carbonyl (C=O) groups is 2. The largest absolute Gasteiger partial charge is 0.338 e. The van der Waals surface area contributed by atoms with Gasteiger partial charge < -0.3 is 4.90 Å². The van der Waals surface area contributed by atoms with Crippen molar-refractivity contribution in [3.63, 3.8) is 0 Å². The molecule has 0 aromatic carbocycles. The Balaban J connectivity index is 3.31. The molecule has 0 N–H and O–H groups in total. The average molecular weight is 352 g/mol. The van der Waals surface area contributed by atoms with E-state index in [-0.39, 0.29) is 18.2 Å². The van der Waals surface area contributed by atoms with E-state index in [0.29, 0.717) is 6.42 Å². The number of hydrogen-bond donors (Lipinski definition) is 0. The Labute approximate surface area is 156 Å². The SMILES string of the molecule is CCCCCCCC/C=C\CCCCCCCC(=O)N(C)CC(C)=O. The van der Waals surface area contributed by atoms with Crippen molar-refractivity contribution in [3.8, 4) is 0 Å². The number of hydrogen-bond acceptors (Lipinski definition) is 2. The minimum absolute atomic E-state index is 0.0420. The van der Waals surface area contributed by atoms with Gasteiger partial charge in [-0.2, -0.15) is 0 Å². The zero-order chi connectivity index (χ0) is 18.8. The summed E-state index contributed by atoms with van der Waals surface area (Å²) >= 11 is 0. The van der Waals surface area contributed by atoms with Crippen molar-refractivity contribution in [1.29, 1.82) is 0 Å². The van der Waals surface area contributed by atoms with Crippen molar-refractivity contribution in [3.05, 3.63) is 12.2 Å². The van der Waals surface area contributed by atoms with E-state index in [4.69, 9.17) is 0 Å². The summed E-state index contributed by atoms with van der Waals surface area (Å²) in [5, 5.41) is 0. The third-order valence-corrected chi connectivity index (χ3v) is 4.54. The Morgan fingerprint density at radius 2 is 1.24 bits per heavy atom. The molecule has 0 bridgehead atoms. The van der Waals surface area contributed by atoms with Gasteiger partial charge in [0.25, 0.3) is 0 Å². The molecule has 0 saturated carbocycles. The second-order valence-electron chi connectivity index (χ2n) is 7.29. The first-order valence-electron chi connectivity index (χ1n) is 10.5. The number of allylic oxidation sites excluding steroid dienone is 2. The van der Waals surface area contributed by atoms with Gasteiger partial charge in [0.15, 0.2) is 0 Å². The van der Waals surface area contributed by atoms with Crippen LogP contribution in [0.1, 0.15) is 104 Å². The van der Waals surface area contributed by atoms with Crippen LogP contribution in [-0.4, -0.2) is 30.2 Å². The van der Waals surface area contributed by atoms with E-state index in [2.05, 4.69) is 19.1 Å². The van der Waals surface area contributed by atoms with Gasteiger partial charge in [-0.25, -0.2) is 0 Å². The summed E-state index contributed by atoms with van der Waals surface area (Å²) in [6.45, 7) is 4.02. The first-order chi connectivity index (χ1) is 12.1. The first-order valence-corrected chi connectivity index (χ1v) is 10.5. The van der Waals surface area contributed by atoms with Crippen molar-refractivity contribution >= 4 is 11.7 Å². The predicted molar refractivity (Wildman–Crippen MR) is 108 cm³/mol. The van der Waals surface area contributed by atoms with E-state index >= 15 is 0 Å². The molecule has 0 aliphatic rings. The Kier molecular flexibility index (Phi) is 16.9. The number of unbranched alkanes of at least 4 members (excludes halogenated alkanes) is 11. The molecule has 3 heteroatoms. The van der Waals surface area contributed by atoms with Crippen LogP contribution in [0.2, 0.25) is 0 Å². The summed E-state index contributed by atoms with van der Waals surface area (Å²) in [5.41, 5.74) is 0. The molecular weight excluding hydrogens is 310 g/mol. The topological polar surface area (TPSA) is 37.4 Å². The number of nitrogens with zero attached hydrogens (tertiary/aromatic N) is 1. The highest BCUT2D eigenvalue weighted by molar-refractivity contribution is 5.84. The standard InChI is InChI=1S/C22H41NO2/c1-4-5-6-7-8-9-10-11-12-13-14-15-16-17-18-19-22(25)23(3)20-21(2)24/h11-12H,4-10,13-20H2,1-3H3/b12-11-. The van der Waals surface area contributed by atoms with Crippen molar-refractivity contribution in [1.82, 2.24) is 4.90 Å². The van der Waals surface area contributed by atoms with Crippen molar-refractivity contribution < 1.29 is 9.59 Å². The molecule has 0 saturated heterocycles. The van der Waals surface area contributed by atoms with Crippen LogP contribution in [-0.2, 0) is 9.59 Å². The van der Waals surface area contributed by atoms with Crippen LogP contribution in [0.5, 0.6) is 0 Å². The Morgan fingerprint density at radius 1 is 0.760 bits per heavy atom. The minimum atomic E-state index is 0.0420. The minimum Gasteiger partial charge on any atom is -0.338 e. The van der Waals surface area contributed by atoms with Crippen LogP contribution in [0, 0.1) is 0 Å². The molecule has 0 aliphatic carbocycles. The van der Waals surface area contributed by atoms with Gasteiger partial charge in [-0.05, 0) is 39.0 Å². The fourth-order valence-corrected chi connectivity index (χ4v) is 2.96. The summed E-state index contributed by atoms with van der Waals surface area (Å²) in [7, 11) is 1.71. The van der Waals surface area contributed by atoms with Crippen LogP contribution >= 0.6 is 0 Å². The van der Waals surface area contributed by atoms with Crippen LogP contribution in [0.25, 0.3) is 0 Å². The van der Waals surface area contributed by atoms with Crippen molar-refractivity contribution in [2.45, 2.75) is 104 Å². The van der Waals surface area contributed by atoms with Crippen LogP contribution < -0.4 is 0 Å². The van der Waals surface area contributed by atoms with E-state index < -0.39 is 0 Å². The van der Waals surface area contributed by atoms with E-state index in [9.17, 15) is 9.59 Å². The van der Waals surface area contributed by atoms with Gasteiger partial charge in [0.05, 0.1) is 6.54 Å². The van der Waals surface area contributed by atoms with Gasteiger partial charge in [0.1, 0.15) is 5.78 Å². The highest BCUT2D eigenvalue weighted by Gasteiger charge is 2.09. The maximum absolute atomic E-state index is 11.8.